The van der Waals surface area contributed by atoms with Gasteiger partial charge in [-0.05, 0) is 19.4 Å². The molecule has 90 valence electrons. The third-order valence-electron chi connectivity index (χ3n) is 2.06. The summed E-state index contributed by atoms with van der Waals surface area (Å²) in [4.78, 5) is 11.3. The molecule has 0 saturated heterocycles. The molecule has 1 atom stereocenters. The van der Waals surface area contributed by atoms with Crippen molar-refractivity contribution in [3.8, 4) is 0 Å². The van der Waals surface area contributed by atoms with Crippen LogP contribution in [-0.4, -0.2) is 43.3 Å². The van der Waals surface area contributed by atoms with Gasteiger partial charge in [0.2, 0.25) is 5.91 Å². The van der Waals surface area contributed by atoms with Gasteiger partial charge in [0.15, 0.2) is 0 Å². The Hall–Kier alpha value is -0.650. The number of amides is 1. The SMILES string of the molecule is CCCNC(=O)CC(CN)NCCCO. The Labute approximate surface area is 91.4 Å². The van der Waals surface area contributed by atoms with Crippen molar-refractivity contribution in [3.63, 3.8) is 0 Å². The maximum atomic E-state index is 11.3. The number of hydrogen-bond donors (Lipinski definition) is 4. The molecule has 0 aromatic carbocycles. The van der Waals surface area contributed by atoms with Crippen molar-refractivity contribution in [1.29, 1.82) is 0 Å². The zero-order valence-corrected chi connectivity index (χ0v) is 9.46. The van der Waals surface area contributed by atoms with Crippen molar-refractivity contribution in [1.82, 2.24) is 10.6 Å². The molecular weight excluding hydrogens is 194 g/mol. The van der Waals surface area contributed by atoms with Crippen molar-refractivity contribution in [3.05, 3.63) is 0 Å². The van der Waals surface area contributed by atoms with Gasteiger partial charge in [0.1, 0.15) is 0 Å². The van der Waals surface area contributed by atoms with Gasteiger partial charge in [0.05, 0.1) is 0 Å². The van der Waals surface area contributed by atoms with Crippen LogP contribution in [0, 0.1) is 0 Å². The van der Waals surface area contributed by atoms with Crippen LogP contribution in [0.2, 0.25) is 0 Å². The zero-order valence-electron chi connectivity index (χ0n) is 9.46. The first-order chi connectivity index (χ1) is 7.24. The highest BCUT2D eigenvalue weighted by Crippen LogP contribution is 1.90. The highest BCUT2D eigenvalue weighted by atomic mass is 16.3. The molecule has 0 rings (SSSR count). The molecule has 0 aliphatic heterocycles. The van der Waals surface area contributed by atoms with Crippen LogP contribution in [0.4, 0.5) is 0 Å². The third kappa shape index (κ3) is 8.35. The zero-order chi connectivity index (χ0) is 11.5. The average molecular weight is 217 g/mol. The van der Waals surface area contributed by atoms with Gasteiger partial charge in [0.25, 0.3) is 0 Å². The summed E-state index contributed by atoms with van der Waals surface area (Å²) in [5.74, 6) is 0.0313. The highest BCUT2D eigenvalue weighted by Gasteiger charge is 2.10. The van der Waals surface area contributed by atoms with E-state index in [0.717, 1.165) is 6.42 Å². The van der Waals surface area contributed by atoms with Crippen LogP contribution < -0.4 is 16.4 Å². The van der Waals surface area contributed by atoms with Crippen LogP contribution in [-0.2, 0) is 4.79 Å². The first kappa shape index (κ1) is 14.3. The monoisotopic (exact) mass is 217 g/mol. The lowest BCUT2D eigenvalue weighted by molar-refractivity contribution is -0.121. The van der Waals surface area contributed by atoms with Crippen molar-refractivity contribution in [2.75, 3.05) is 26.2 Å². The molecule has 0 heterocycles. The van der Waals surface area contributed by atoms with E-state index in [1.54, 1.807) is 0 Å². The maximum absolute atomic E-state index is 11.3. The standard InChI is InChI=1S/C10H23N3O2/c1-2-4-13-10(15)7-9(8-11)12-5-3-6-14/h9,12,14H,2-8,11H2,1H3,(H,13,15). The van der Waals surface area contributed by atoms with Crippen LogP contribution >= 0.6 is 0 Å². The molecule has 0 aromatic rings. The quantitative estimate of drug-likeness (QED) is 0.381. The van der Waals surface area contributed by atoms with E-state index in [1.807, 2.05) is 6.92 Å². The number of rotatable bonds is 9. The summed E-state index contributed by atoms with van der Waals surface area (Å²) in [6.45, 7) is 4.02. The fourth-order valence-corrected chi connectivity index (χ4v) is 1.18. The molecule has 0 saturated carbocycles. The summed E-state index contributed by atoms with van der Waals surface area (Å²) in [5.41, 5.74) is 5.53. The van der Waals surface area contributed by atoms with Crippen LogP contribution in [0.15, 0.2) is 0 Å². The van der Waals surface area contributed by atoms with Crippen molar-refractivity contribution in [2.24, 2.45) is 5.73 Å². The number of carbonyl (C=O) groups is 1. The molecule has 5 N–H and O–H groups in total. The Morgan fingerprint density at radius 3 is 2.73 bits per heavy atom. The Balaban J connectivity index is 3.62. The Morgan fingerprint density at radius 1 is 1.47 bits per heavy atom. The fraction of sp³-hybridized carbons (Fsp3) is 0.900. The predicted molar refractivity (Wildman–Crippen MR) is 60.5 cm³/mol. The van der Waals surface area contributed by atoms with E-state index < -0.39 is 0 Å². The number of carbonyl (C=O) groups excluding carboxylic acids is 1. The number of hydrogen-bond acceptors (Lipinski definition) is 4. The predicted octanol–water partition coefficient (Wildman–Crippen LogP) is -0.798. The van der Waals surface area contributed by atoms with Gasteiger partial charge in [-0.2, -0.15) is 0 Å². The molecular formula is C10H23N3O2. The Morgan fingerprint density at radius 2 is 2.20 bits per heavy atom. The molecule has 0 bridgehead atoms. The molecule has 1 amide bonds. The summed E-state index contributed by atoms with van der Waals surface area (Å²) < 4.78 is 0. The van der Waals surface area contributed by atoms with Gasteiger partial charge in [-0.3, -0.25) is 4.79 Å². The van der Waals surface area contributed by atoms with Crippen molar-refractivity contribution >= 4 is 5.91 Å². The van der Waals surface area contributed by atoms with Gasteiger partial charge in [-0.25, -0.2) is 0 Å². The number of aliphatic hydroxyl groups is 1. The second-order valence-electron chi connectivity index (χ2n) is 3.52. The molecule has 15 heavy (non-hydrogen) atoms. The van der Waals surface area contributed by atoms with Gasteiger partial charge in [-0.15, -0.1) is 0 Å². The molecule has 0 spiro atoms. The van der Waals surface area contributed by atoms with Gasteiger partial charge >= 0.3 is 0 Å². The lowest BCUT2D eigenvalue weighted by atomic mass is 10.2. The lowest BCUT2D eigenvalue weighted by Crippen LogP contribution is -2.41. The maximum Gasteiger partial charge on any atom is 0.221 e. The van der Waals surface area contributed by atoms with Crippen LogP contribution in [0.3, 0.4) is 0 Å². The molecule has 0 radical (unpaired) electrons. The van der Waals surface area contributed by atoms with Crippen LogP contribution in [0.25, 0.3) is 0 Å². The molecule has 5 heteroatoms. The van der Waals surface area contributed by atoms with Crippen LogP contribution in [0.1, 0.15) is 26.2 Å². The summed E-state index contributed by atoms with van der Waals surface area (Å²) >= 11 is 0. The van der Waals surface area contributed by atoms with Gasteiger partial charge in [-0.1, -0.05) is 6.92 Å². The minimum absolute atomic E-state index is 0.00778. The van der Waals surface area contributed by atoms with E-state index in [0.29, 0.717) is 32.5 Å². The first-order valence-corrected chi connectivity index (χ1v) is 5.55. The largest absolute Gasteiger partial charge is 0.396 e. The highest BCUT2D eigenvalue weighted by molar-refractivity contribution is 5.76. The molecule has 5 nitrogen and oxygen atoms in total. The molecule has 0 aromatic heterocycles. The summed E-state index contributed by atoms with van der Waals surface area (Å²) in [5, 5.41) is 14.5. The topological polar surface area (TPSA) is 87.4 Å². The van der Waals surface area contributed by atoms with E-state index in [4.69, 9.17) is 10.8 Å². The Bertz CT molecular complexity index is 165. The van der Waals surface area contributed by atoms with E-state index in [9.17, 15) is 4.79 Å². The number of nitrogens with two attached hydrogens (primary N) is 1. The smallest absolute Gasteiger partial charge is 0.221 e. The molecule has 0 aliphatic rings. The van der Waals surface area contributed by atoms with Crippen molar-refractivity contribution < 1.29 is 9.90 Å². The summed E-state index contributed by atoms with van der Waals surface area (Å²) in [6.07, 6.45) is 2.03. The second kappa shape index (κ2) is 9.89. The summed E-state index contributed by atoms with van der Waals surface area (Å²) in [7, 11) is 0. The van der Waals surface area contributed by atoms with Crippen molar-refractivity contribution in [2.45, 2.75) is 32.2 Å². The lowest BCUT2D eigenvalue weighted by Gasteiger charge is -2.15. The van der Waals surface area contributed by atoms with E-state index in [1.165, 1.54) is 0 Å². The van der Waals surface area contributed by atoms with E-state index >= 15 is 0 Å². The number of nitrogens with one attached hydrogen (secondary N) is 2. The fourth-order valence-electron chi connectivity index (χ4n) is 1.18. The van der Waals surface area contributed by atoms with Crippen LogP contribution in [0.5, 0.6) is 0 Å². The van der Waals surface area contributed by atoms with E-state index in [2.05, 4.69) is 10.6 Å². The minimum Gasteiger partial charge on any atom is -0.396 e. The van der Waals surface area contributed by atoms with Gasteiger partial charge < -0.3 is 21.5 Å². The summed E-state index contributed by atoms with van der Waals surface area (Å²) in [6, 6.07) is 0.00778. The normalized spacial score (nSPS) is 12.5. The second-order valence-corrected chi connectivity index (χ2v) is 3.52. The molecule has 0 fully saturated rings. The first-order valence-electron chi connectivity index (χ1n) is 5.55. The number of aliphatic hydroxyl groups excluding tert-OH is 1. The molecule has 0 aliphatic carbocycles. The van der Waals surface area contributed by atoms with E-state index in [-0.39, 0.29) is 18.6 Å². The minimum atomic E-state index is 0.00778. The average Bonchev–Trinajstić information content (AvgIpc) is 2.25. The van der Waals surface area contributed by atoms with Gasteiger partial charge in [0, 0.05) is 32.2 Å². The molecule has 1 unspecified atom stereocenters. The third-order valence-corrected chi connectivity index (χ3v) is 2.06. The Kier molecular flexibility index (Phi) is 9.46.